The summed E-state index contributed by atoms with van der Waals surface area (Å²) in [7, 11) is 0. The second-order valence-corrected chi connectivity index (χ2v) is 12.1. The first-order chi connectivity index (χ1) is 18.4. The van der Waals surface area contributed by atoms with Crippen LogP contribution >= 0.6 is 11.8 Å². The number of benzene rings is 1. The second kappa shape index (κ2) is 11.9. The number of esters is 1. The first-order valence-corrected chi connectivity index (χ1v) is 13.8. The van der Waals surface area contributed by atoms with Gasteiger partial charge in [0.05, 0.1) is 35.2 Å². The van der Waals surface area contributed by atoms with Crippen LogP contribution < -0.4 is 0 Å². The maximum absolute atomic E-state index is 13.2. The molecule has 0 aliphatic carbocycles. The molecular formula is C26H37NO11S. The average Bonchev–Trinajstić information content (AvgIpc) is 3.29. The minimum absolute atomic E-state index is 0.00552. The smallest absolute Gasteiger partial charge is 0.411 e. The summed E-state index contributed by atoms with van der Waals surface area (Å²) in [5, 5.41) is 50.8. The van der Waals surface area contributed by atoms with Crippen LogP contribution in [-0.4, -0.2) is 121 Å². The molecule has 3 heterocycles. The molecule has 218 valence electrons. The van der Waals surface area contributed by atoms with E-state index < -0.39 is 83.8 Å². The van der Waals surface area contributed by atoms with Crippen molar-refractivity contribution in [2.24, 2.45) is 5.92 Å². The van der Waals surface area contributed by atoms with Crippen LogP contribution in [0.1, 0.15) is 38.1 Å². The molecular weight excluding hydrogens is 534 g/mol. The number of cyclic esters (lactones) is 1. The maximum atomic E-state index is 13.2. The van der Waals surface area contributed by atoms with Gasteiger partial charge in [0.1, 0.15) is 36.4 Å². The van der Waals surface area contributed by atoms with Gasteiger partial charge in [0.25, 0.3) is 0 Å². The number of carbonyl (C=O) groups is 2. The highest BCUT2D eigenvalue weighted by molar-refractivity contribution is 8.00. The van der Waals surface area contributed by atoms with E-state index in [1.54, 1.807) is 30.3 Å². The van der Waals surface area contributed by atoms with Crippen LogP contribution in [0, 0.1) is 5.92 Å². The van der Waals surface area contributed by atoms with Gasteiger partial charge in [-0.1, -0.05) is 32.0 Å². The third kappa shape index (κ3) is 5.91. The normalized spacial score (nSPS) is 37.0. The molecule has 0 saturated carbocycles. The quantitative estimate of drug-likeness (QED) is 0.266. The number of hydrogen-bond acceptors (Lipinski definition) is 12. The van der Waals surface area contributed by atoms with Crippen molar-refractivity contribution in [2.45, 2.75) is 92.9 Å². The number of nitrogens with zero attached hydrogens (tertiary/aromatic N) is 1. The number of carbonyl (C=O) groups excluding carboxylic acids is 2. The molecule has 1 aromatic rings. The summed E-state index contributed by atoms with van der Waals surface area (Å²) in [6.45, 7) is 6.72. The van der Waals surface area contributed by atoms with E-state index in [0.717, 1.165) is 16.7 Å². The summed E-state index contributed by atoms with van der Waals surface area (Å²) in [5.41, 5.74) is -0.546. The molecule has 0 aromatic heterocycles. The lowest BCUT2D eigenvalue weighted by Crippen LogP contribution is -2.67. The number of piperidine rings is 1. The molecule has 0 radical (unpaired) electrons. The predicted molar refractivity (Wildman–Crippen MR) is 138 cm³/mol. The van der Waals surface area contributed by atoms with Crippen molar-refractivity contribution < 1.29 is 54.1 Å². The second-order valence-electron chi connectivity index (χ2n) is 10.8. The van der Waals surface area contributed by atoms with Crippen molar-refractivity contribution in [1.82, 2.24) is 4.90 Å². The van der Waals surface area contributed by atoms with Gasteiger partial charge in [-0.05, 0) is 31.9 Å². The lowest BCUT2D eigenvalue weighted by atomic mass is 9.94. The van der Waals surface area contributed by atoms with Gasteiger partial charge in [-0.3, -0.25) is 4.90 Å². The minimum atomic E-state index is -1.63. The molecule has 13 heteroatoms. The van der Waals surface area contributed by atoms with Gasteiger partial charge in [-0.2, -0.15) is 0 Å². The Morgan fingerprint density at radius 1 is 1.10 bits per heavy atom. The number of aliphatic hydroxyl groups excluding tert-OH is 5. The van der Waals surface area contributed by atoms with Gasteiger partial charge >= 0.3 is 12.1 Å². The molecule has 1 aromatic carbocycles. The van der Waals surface area contributed by atoms with Crippen molar-refractivity contribution in [2.75, 3.05) is 13.2 Å². The van der Waals surface area contributed by atoms with Crippen LogP contribution in [0.15, 0.2) is 30.3 Å². The molecule has 1 amide bonds. The Labute approximate surface area is 230 Å². The fourth-order valence-electron chi connectivity index (χ4n) is 4.69. The highest BCUT2D eigenvalue weighted by Gasteiger charge is 2.58. The van der Waals surface area contributed by atoms with Crippen LogP contribution in [-0.2, 0) is 18.9 Å². The monoisotopic (exact) mass is 571 g/mol. The summed E-state index contributed by atoms with van der Waals surface area (Å²) in [6, 6.07) is 7.25. The molecule has 3 aliphatic heterocycles. The maximum Gasteiger partial charge on any atom is 0.411 e. The number of rotatable bonds is 8. The number of fused-ring (bicyclic) bond motifs is 1. The number of ether oxygens (including phenoxy) is 4. The number of amides is 1. The molecule has 12 nitrogen and oxygen atoms in total. The SMILES string of the molecule is CC(C)C(C)(C)O[C@@H]1O[C@H](CO)[C@H](O)[C@H](S[C@H]2[C@H](O)[C@@H](O)[C@H](O)[C@H]3COC(=O)N32)[C@H]1OC(=O)c1ccccc1. The van der Waals surface area contributed by atoms with Gasteiger partial charge < -0.3 is 44.5 Å². The fourth-order valence-corrected chi connectivity index (χ4v) is 6.38. The molecule has 10 atom stereocenters. The highest BCUT2D eigenvalue weighted by Crippen LogP contribution is 2.43. The van der Waals surface area contributed by atoms with E-state index >= 15 is 0 Å². The molecule has 0 bridgehead atoms. The summed E-state index contributed by atoms with van der Waals surface area (Å²) in [5.74, 6) is -0.729. The topological polar surface area (TPSA) is 175 Å². The number of hydrogen-bond donors (Lipinski definition) is 5. The molecule has 4 rings (SSSR count). The van der Waals surface area contributed by atoms with Crippen molar-refractivity contribution >= 4 is 23.8 Å². The minimum Gasteiger partial charge on any atom is -0.452 e. The Morgan fingerprint density at radius 3 is 2.38 bits per heavy atom. The van der Waals surface area contributed by atoms with Crippen LogP contribution in [0.5, 0.6) is 0 Å². The standard InChI is InChI=1S/C26H37NO11S/c1-12(2)26(3,4)38-24-20(37-23(33)13-8-6-5-7-9-13)21(17(30)15(10-28)36-24)39-22-19(32)18(31)16(29)14-11-35-25(34)27(14)22/h5-9,12,14-22,24,28-32H,10-11H2,1-4H3/t14-,15-,16-,17+,18+,19-,20-,21+,22+,24+/m1/s1. The molecule has 0 spiro atoms. The van der Waals surface area contributed by atoms with Crippen LogP contribution in [0.4, 0.5) is 4.79 Å². The zero-order valence-electron chi connectivity index (χ0n) is 22.2. The molecule has 3 saturated heterocycles. The Morgan fingerprint density at radius 2 is 1.77 bits per heavy atom. The van der Waals surface area contributed by atoms with Crippen molar-refractivity contribution in [3.63, 3.8) is 0 Å². The van der Waals surface area contributed by atoms with Crippen molar-refractivity contribution in [3.05, 3.63) is 35.9 Å². The lowest BCUT2D eigenvalue weighted by molar-refractivity contribution is -0.300. The largest absolute Gasteiger partial charge is 0.452 e. The van der Waals surface area contributed by atoms with E-state index in [2.05, 4.69) is 0 Å². The molecule has 3 fully saturated rings. The third-order valence-electron chi connectivity index (χ3n) is 7.76. The van der Waals surface area contributed by atoms with E-state index in [4.69, 9.17) is 18.9 Å². The van der Waals surface area contributed by atoms with Crippen molar-refractivity contribution in [1.29, 1.82) is 0 Å². The van der Waals surface area contributed by atoms with E-state index in [0.29, 0.717) is 0 Å². The van der Waals surface area contributed by atoms with Crippen LogP contribution in [0.25, 0.3) is 0 Å². The van der Waals surface area contributed by atoms with Gasteiger partial charge in [0, 0.05) is 0 Å². The van der Waals surface area contributed by atoms with E-state index in [1.807, 2.05) is 27.7 Å². The molecule has 39 heavy (non-hydrogen) atoms. The highest BCUT2D eigenvalue weighted by atomic mass is 32.2. The lowest BCUT2D eigenvalue weighted by Gasteiger charge is -2.49. The van der Waals surface area contributed by atoms with E-state index in [-0.39, 0.29) is 18.1 Å². The predicted octanol–water partition coefficient (Wildman–Crippen LogP) is 0.0863. The first kappa shape index (κ1) is 30.0. The van der Waals surface area contributed by atoms with Gasteiger partial charge in [-0.15, -0.1) is 11.8 Å². The van der Waals surface area contributed by atoms with Crippen molar-refractivity contribution in [3.8, 4) is 0 Å². The van der Waals surface area contributed by atoms with Gasteiger partial charge in [-0.25, -0.2) is 9.59 Å². The van der Waals surface area contributed by atoms with Gasteiger partial charge in [0.2, 0.25) is 0 Å². The number of thioether (sulfide) groups is 1. The summed E-state index contributed by atoms with van der Waals surface area (Å²) < 4.78 is 23.1. The zero-order chi connectivity index (χ0) is 28.6. The van der Waals surface area contributed by atoms with E-state index in [1.165, 1.54) is 0 Å². The Kier molecular flexibility index (Phi) is 9.13. The first-order valence-electron chi connectivity index (χ1n) is 12.9. The Bertz CT molecular complexity index is 1010. The Balaban J connectivity index is 1.71. The fraction of sp³-hybridized carbons (Fsp3) is 0.692. The molecule has 0 unspecified atom stereocenters. The van der Waals surface area contributed by atoms with E-state index in [9.17, 15) is 35.1 Å². The zero-order valence-corrected chi connectivity index (χ0v) is 23.0. The third-order valence-corrected chi connectivity index (χ3v) is 9.41. The average molecular weight is 572 g/mol. The summed E-state index contributed by atoms with van der Waals surface area (Å²) in [6.07, 6.45) is -10.6. The Hall–Kier alpha value is -1.97. The summed E-state index contributed by atoms with van der Waals surface area (Å²) in [4.78, 5) is 26.9. The molecule has 3 aliphatic rings. The molecule has 5 N–H and O–H groups in total. The van der Waals surface area contributed by atoms with Crippen LogP contribution in [0.2, 0.25) is 0 Å². The van der Waals surface area contributed by atoms with Crippen LogP contribution in [0.3, 0.4) is 0 Å². The summed E-state index contributed by atoms with van der Waals surface area (Å²) >= 11 is 0.852. The van der Waals surface area contributed by atoms with Gasteiger partial charge in [0.15, 0.2) is 12.4 Å². The number of aliphatic hydroxyl groups is 5.